The molecule has 1 aromatic carbocycles. The summed E-state index contributed by atoms with van der Waals surface area (Å²) in [6.07, 6.45) is 7.43. The molecule has 1 atom stereocenters. The topological polar surface area (TPSA) is 75.5 Å². The van der Waals surface area contributed by atoms with Gasteiger partial charge in [-0.3, -0.25) is 19.8 Å². The van der Waals surface area contributed by atoms with Gasteiger partial charge < -0.3 is 5.32 Å². The van der Waals surface area contributed by atoms with Gasteiger partial charge in [0.1, 0.15) is 0 Å². The predicted molar refractivity (Wildman–Crippen MR) is 96.6 cm³/mol. The zero-order valence-corrected chi connectivity index (χ0v) is 15.0. The molecule has 0 radical (unpaired) electrons. The summed E-state index contributed by atoms with van der Waals surface area (Å²) in [5, 5.41) is 14.9. The summed E-state index contributed by atoms with van der Waals surface area (Å²) < 4.78 is 0. The van der Waals surface area contributed by atoms with Gasteiger partial charge in [-0.2, -0.15) is 0 Å². The van der Waals surface area contributed by atoms with E-state index in [0.717, 1.165) is 32.2 Å². The minimum Gasteiger partial charge on any atom is -0.352 e. The smallest absolute Gasteiger partial charge is 0.273 e. The number of nitro benzene ring substituents is 1. The Bertz CT molecular complexity index is 646. The molecule has 1 saturated heterocycles. The van der Waals surface area contributed by atoms with Crippen LogP contribution in [-0.4, -0.2) is 34.4 Å². The second-order valence-corrected chi connectivity index (χ2v) is 7.44. The molecule has 0 spiro atoms. The number of nitro groups is 1. The van der Waals surface area contributed by atoms with Crippen molar-refractivity contribution < 1.29 is 9.72 Å². The van der Waals surface area contributed by atoms with Crippen molar-refractivity contribution in [1.82, 2.24) is 10.2 Å². The number of benzene rings is 1. The third kappa shape index (κ3) is 4.50. The normalized spacial score (nSPS) is 22.0. The molecule has 0 aromatic heterocycles. The van der Waals surface area contributed by atoms with E-state index in [1.165, 1.54) is 31.4 Å². The fourth-order valence-corrected chi connectivity index (χ4v) is 4.13. The van der Waals surface area contributed by atoms with Crippen molar-refractivity contribution in [3.8, 4) is 0 Å². The van der Waals surface area contributed by atoms with Gasteiger partial charge in [0.25, 0.3) is 5.69 Å². The molecule has 1 aromatic rings. The SMILES string of the molecule is O=C(NC1CCCCC1)C1CCCN1Cc1cc(Cl)ccc1[N+](=O)[O-]. The maximum absolute atomic E-state index is 12.7. The number of amides is 1. The first-order chi connectivity index (χ1) is 12.0. The number of halogens is 1. The molecule has 2 aliphatic rings. The van der Waals surface area contributed by atoms with Crippen LogP contribution in [0.25, 0.3) is 0 Å². The van der Waals surface area contributed by atoms with Gasteiger partial charge >= 0.3 is 0 Å². The highest BCUT2D eigenvalue weighted by Gasteiger charge is 2.33. The average molecular weight is 366 g/mol. The Morgan fingerprint density at radius 3 is 2.72 bits per heavy atom. The molecule has 136 valence electrons. The lowest BCUT2D eigenvalue weighted by atomic mass is 9.95. The van der Waals surface area contributed by atoms with Crippen LogP contribution in [0.5, 0.6) is 0 Å². The van der Waals surface area contributed by atoms with Crippen molar-refractivity contribution in [1.29, 1.82) is 0 Å². The van der Waals surface area contributed by atoms with Gasteiger partial charge in [-0.1, -0.05) is 30.9 Å². The number of carbonyl (C=O) groups is 1. The standard InChI is InChI=1S/C18H24ClN3O3/c19-14-8-9-16(22(24)25)13(11-14)12-21-10-4-7-17(21)18(23)20-15-5-2-1-3-6-15/h8-9,11,15,17H,1-7,10,12H2,(H,20,23). The highest BCUT2D eigenvalue weighted by molar-refractivity contribution is 6.30. The van der Waals surface area contributed by atoms with E-state index in [1.54, 1.807) is 6.07 Å². The molecular formula is C18H24ClN3O3. The summed E-state index contributed by atoms with van der Waals surface area (Å²) in [6, 6.07) is 4.67. The number of nitrogens with one attached hydrogen (secondary N) is 1. The van der Waals surface area contributed by atoms with Crippen LogP contribution >= 0.6 is 11.6 Å². The summed E-state index contributed by atoms with van der Waals surface area (Å²) in [5.41, 5.74) is 0.623. The maximum atomic E-state index is 12.7. The highest BCUT2D eigenvalue weighted by atomic mass is 35.5. The monoisotopic (exact) mass is 365 g/mol. The first kappa shape index (κ1) is 18.1. The molecule has 3 rings (SSSR count). The van der Waals surface area contributed by atoms with Crippen LogP contribution in [0.1, 0.15) is 50.5 Å². The summed E-state index contributed by atoms with van der Waals surface area (Å²) in [4.78, 5) is 25.6. The molecule has 1 N–H and O–H groups in total. The third-order valence-electron chi connectivity index (χ3n) is 5.23. The Hall–Kier alpha value is -1.66. The Morgan fingerprint density at radius 2 is 2.00 bits per heavy atom. The minimum absolute atomic E-state index is 0.0581. The van der Waals surface area contributed by atoms with Crippen molar-refractivity contribution in [3.05, 3.63) is 38.9 Å². The van der Waals surface area contributed by atoms with Gasteiger partial charge in [-0.25, -0.2) is 0 Å². The number of hydrogen-bond donors (Lipinski definition) is 1. The summed E-state index contributed by atoms with van der Waals surface area (Å²) in [5.74, 6) is 0.0640. The quantitative estimate of drug-likeness (QED) is 0.638. The van der Waals surface area contributed by atoms with Crippen LogP contribution in [0.15, 0.2) is 18.2 Å². The van der Waals surface area contributed by atoms with Crippen molar-refractivity contribution in [2.24, 2.45) is 0 Å². The zero-order chi connectivity index (χ0) is 17.8. The Kier molecular flexibility index (Phi) is 5.91. The maximum Gasteiger partial charge on any atom is 0.273 e. The van der Waals surface area contributed by atoms with E-state index in [0.29, 0.717) is 17.1 Å². The van der Waals surface area contributed by atoms with Crippen molar-refractivity contribution in [3.63, 3.8) is 0 Å². The second kappa shape index (κ2) is 8.15. The van der Waals surface area contributed by atoms with E-state index < -0.39 is 4.92 Å². The molecule has 25 heavy (non-hydrogen) atoms. The van der Waals surface area contributed by atoms with Crippen LogP contribution in [0, 0.1) is 10.1 Å². The van der Waals surface area contributed by atoms with Crippen molar-refractivity contribution in [2.45, 2.75) is 63.6 Å². The molecule has 1 amide bonds. The molecule has 1 saturated carbocycles. The van der Waals surface area contributed by atoms with E-state index in [2.05, 4.69) is 5.32 Å². The highest BCUT2D eigenvalue weighted by Crippen LogP contribution is 2.28. The van der Waals surface area contributed by atoms with E-state index in [-0.39, 0.29) is 23.7 Å². The minimum atomic E-state index is -0.390. The number of likely N-dealkylation sites (tertiary alicyclic amines) is 1. The molecule has 2 fully saturated rings. The first-order valence-corrected chi connectivity index (χ1v) is 9.39. The summed E-state index contributed by atoms with van der Waals surface area (Å²) in [6.45, 7) is 1.14. The number of rotatable bonds is 5. The number of nitrogens with zero attached hydrogens (tertiary/aromatic N) is 2. The molecule has 1 heterocycles. The molecule has 0 bridgehead atoms. The number of hydrogen-bond acceptors (Lipinski definition) is 4. The van der Waals surface area contributed by atoms with Crippen LogP contribution < -0.4 is 5.32 Å². The van der Waals surface area contributed by atoms with Gasteiger partial charge in [0.2, 0.25) is 5.91 Å². The lowest BCUT2D eigenvalue weighted by molar-refractivity contribution is -0.385. The number of carbonyl (C=O) groups excluding carboxylic acids is 1. The van der Waals surface area contributed by atoms with Crippen LogP contribution in [0.3, 0.4) is 0 Å². The van der Waals surface area contributed by atoms with E-state index in [9.17, 15) is 14.9 Å². The van der Waals surface area contributed by atoms with E-state index >= 15 is 0 Å². The van der Waals surface area contributed by atoms with Crippen LogP contribution in [0.4, 0.5) is 5.69 Å². The lowest BCUT2D eigenvalue weighted by Gasteiger charge is -2.28. The van der Waals surface area contributed by atoms with Gasteiger partial charge in [0.05, 0.1) is 11.0 Å². The van der Waals surface area contributed by atoms with Gasteiger partial charge in [-0.05, 0) is 44.4 Å². The molecule has 1 unspecified atom stereocenters. The Morgan fingerprint density at radius 1 is 1.24 bits per heavy atom. The predicted octanol–water partition coefficient (Wildman–Crippen LogP) is 3.66. The molecule has 7 heteroatoms. The Balaban J connectivity index is 1.68. The van der Waals surface area contributed by atoms with Crippen LogP contribution in [0.2, 0.25) is 5.02 Å². The molecule has 1 aliphatic heterocycles. The Labute approximate surface area is 152 Å². The zero-order valence-electron chi connectivity index (χ0n) is 14.2. The molecule has 6 nitrogen and oxygen atoms in total. The summed E-state index contributed by atoms with van der Waals surface area (Å²) in [7, 11) is 0. The largest absolute Gasteiger partial charge is 0.352 e. The van der Waals surface area contributed by atoms with Gasteiger partial charge in [0, 0.05) is 29.2 Å². The van der Waals surface area contributed by atoms with E-state index in [1.807, 2.05) is 4.90 Å². The average Bonchev–Trinajstić information content (AvgIpc) is 3.04. The van der Waals surface area contributed by atoms with Gasteiger partial charge in [-0.15, -0.1) is 0 Å². The summed E-state index contributed by atoms with van der Waals surface area (Å²) >= 11 is 6.01. The van der Waals surface area contributed by atoms with Crippen molar-refractivity contribution in [2.75, 3.05) is 6.54 Å². The van der Waals surface area contributed by atoms with Crippen molar-refractivity contribution >= 4 is 23.2 Å². The lowest BCUT2D eigenvalue weighted by Crippen LogP contribution is -2.47. The molecule has 1 aliphatic carbocycles. The first-order valence-electron chi connectivity index (χ1n) is 9.02. The second-order valence-electron chi connectivity index (χ2n) is 7.00. The third-order valence-corrected chi connectivity index (χ3v) is 5.46. The van der Waals surface area contributed by atoms with Gasteiger partial charge in [0.15, 0.2) is 0 Å². The fourth-order valence-electron chi connectivity index (χ4n) is 3.93. The van der Waals surface area contributed by atoms with Crippen LogP contribution in [-0.2, 0) is 11.3 Å². The fraction of sp³-hybridized carbons (Fsp3) is 0.611. The molecular weight excluding hydrogens is 342 g/mol. The van der Waals surface area contributed by atoms with E-state index in [4.69, 9.17) is 11.6 Å².